The summed E-state index contributed by atoms with van der Waals surface area (Å²) in [5.74, 6) is -0.415. The SMILES string of the molecule is CCCCCCCCC(C)([SiH](C)C)C(C)(C)C(C)(C([NH])=O)C1=CC=CC1. The first-order valence-electron chi connectivity index (χ1n) is 10.7. The van der Waals surface area contributed by atoms with Gasteiger partial charge in [-0.15, -0.1) is 0 Å². The van der Waals surface area contributed by atoms with Crippen molar-refractivity contribution in [1.82, 2.24) is 5.73 Å². The van der Waals surface area contributed by atoms with Gasteiger partial charge in [0.2, 0.25) is 5.91 Å². The van der Waals surface area contributed by atoms with Gasteiger partial charge < -0.3 is 0 Å². The lowest BCUT2D eigenvalue weighted by molar-refractivity contribution is -0.133. The largest absolute Gasteiger partial charge is 0.272 e. The quantitative estimate of drug-likeness (QED) is 0.275. The van der Waals surface area contributed by atoms with Crippen LogP contribution in [0.2, 0.25) is 18.1 Å². The molecule has 0 aromatic heterocycles. The van der Waals surface area contributed by atoms with Crippen molar-refractivity contribution in [3.8, 4) is 0 Å². The minimum Gasteiger partial charge on any atom is -0.272 e. The summed E-state index contributed by atoms with van der Waals surface area (Å²) in [7, 11) is -1.06. The fraction of sp³-hybridized carbons (Fsp3) is 0.783. The summed E-state index contributed by atoms with van der Waals surface area (Å²) in [5.41, 5.74) is 8.38. The molecule has 2 atom stereocenters. The molecule has 149 valence electrons. The van der Waals surface area contributed by atoms with Gasteiger partial charge in [0.05, 0.1) is 5.41 Å². The molecule has 26 heavy (non-hydrogen) atoms. The van der Waals surface area contributed by atoms with Gasteiger partial charge in [-0.25, -0.2) is 0 Å². The lowest BCUT2D eigenvalue weighted by Gasteiger charge is -2.56. The van der Waals surface area contributed by atoms with Crippen LogP contribution in [0.25, 0.3) is 0 Å². The van der Waals surface area contributed by atoms with Gasteiger partial charge >= 0.3 is 0 Å². The molecule has 1 radical (unpaired) electrons. The summed E-state index contributed by atoms with van der Waals surface area (Å²) >= 11 is 0. The second kappa shape index (κ2) is 9.39. The first-order valence-corrected chi connectivity index (χ1v) is 13.6. The number of hydrogen-bond donors (Lipinski definition) is 0. The first-order chi connectivity index (χ1) is 12.1. The number of allylic oxidation sites excluding steroid dienone is 3. The fourth-order valence-electron chi connectivity index (χ4n) is 4.82. The van der Waals surface area contributed by atoms with Gasteiger partial charge in [0, 0.05) is 8.80 Å². The third-order valence-corrected chi connectivity index (χ3v) is 11.4. The Kier molecular flexibility index (Phi) is 8.38. The highest BCUT2D eigenvalue weighted by Gasteiger charge is 2.58. The van der Waals surface area contributed by atoms with Crippen LogP contribution in [0, 0.1) is 10.8 Å². The van der Waals surface area contributed by atoms with Crippen LogP contribution in [-0.2, 0) is 4.79 Å². The number of unbranched alkanes of at least 4 members (excludes halogenated alkanes) is 5. The average Bonchev–Trinajstić information content (AvgIpc) is 3.11. The van der Waals surface area contributed by atoms with E-state index in [9.17, 15) is 4.79 Å². The lowest BCUT2D eigenvalue weighted by atomic mass is 9.55. The van der Waals surface area contributed by atoms with E-state index in [0.717, 1.165) is 12.0 Å². The Morgan fingerprint density at radius 2 is 1.65 bits per heavy atom. The van der Waals surface area contributed by atoms with Crippen molar-refractivity contribution in [3.63, 3.8) is 0 Å². The zero-order valence-corrected chi connectivity index (χ0v) is 19.5. The van der Waals surface area contributed by atoms with Crippen LogP contribution in [0.3, 0.4) is 0 Å². The highest BCUT2D eigenvalue weighted by atomic mass is 28.3. The topological polar surface area (TPSA) is 40.9 Å². The third-order valence-electron chi connectivity index (χ3n) is 7.87. The van der Waals surface area contributed by atoms with Crippen molar-refractivity contribution in [2.75, 3.05) is 0 Å². The summed E-state index contributed by atoms with van der Waals surface area (Å²) in [4.78, 5) is 12.6. The Labute approximate surface area is 164 Å². The number of rotatable bonds is 12. The second-order valence-electron chi connectivity index (χ2n) is 9.49. The van der Waals surface area contributed by atoms with Gasteiger partial charge in [0.25, 0.3) is 0 Å². The molecule has 1 N–H and O–H groups in total. The molecule has 0 fully saturated rings. The smallest absolute Gasteiger partial charge is 0.248 e. The van der Waals surface area contributed by atoms with Crippen molar-refractivity contribution in [3.05, 3.63) is 23.8 Å². The fourth-order valence-corrected chi connectivity index (χ4v) is 7.33. The van der Waals surface area contributed by atoms with Gasteiger partial charge in [-0.05, 0) is 30.2 Å². The predicted molar refractivity (Wildman–Crippen MR) is 117 cm³/mol. The molecule has 0 aromatic carbocycles. The van der Waals surface area contributed by atoms with Crippen molar-refractivity contribution < 1.29 is 4.79 Å². The standard InChI is InChI=1S/C23H42NOSi/c1-8-9-10-11-12-15-18-22(4,26(6)7)21(2,3)23(5,20(24)25)19-16-13-14-17-19/h13-14,16,24,26H,8-12,15,17-18H2,1-7H3. The molecular formula is C23H42NOSi. The number of carbonyl (C=O) groups is 1. The maximum absolute atomic E-state index is 12.6. The molecule has 3 heteroatoms. The van der Waals surface area contributed by atoms with E-state index in [-0.39, 0.29) is 10.5 Å². The zero-order valence-electron chi connectivity index (χ0n) is 18.4. The van der Waals surface area contributed by atoms with Gasteiger partial charge in [-0.1, -0.05) is 103 Å². The van der Waals surface area contributed by atoms with Crippen LogP contribution < -0.4 is 5.73 Å². The Hall–Kier alpha value is -0.833. The van der Waals surface area contributed by atoms with E-state index in [1.165, 1.54) is 44.9 Å². The normalized spacial score (nSPS) is 19.3. The summed E-state index contributed by atoms with van der Waals surface area (Å²) in [6, 6.07) is 0. The van der Waals surface area contributed by atoms with Gasteiger partial charge in [0.15, 0.2) is 0 Å². The number of hydrogen-bond acceptors (Lipinski definition) is 1. The van der Waals surface area contributed by atoms with Crippen LogP contribution in [0.15, 0.2) is 23.8 Å². The Morgan fingerprint density at radius 1 is 1.08 bits per heavy atom. The van der Waals surface area contributed by atoms with Crippen molar-refractivity contribution in [1.29, 1.82) is 0 Å². The van der Waals surface area contributed by atoms with E-state index in [4.69, 9.17) is 5.73 Å². The van der Waals surface area contributed by atoms with Crippen molar-refractivity contribution >= 4 is 14.7 Å². The molecule has 2 unspecified atom stereocenters. The molecule has 0 saturated carbocycles. The Morgan fingerprint density at radius 3 is 2.12 bits per heavy atom. The molecule has 0 aliphatic heterocycles. The average molecular weight is 377 g/mol. The molecule has 1 amide bonds. The van der Waals surface area contributed by atoms with Crippen molar-refractivity contribution in [2.24, 2.45) is 10.8 Å². The third kappa shape index (κ3) is 4.35. The van der Waals surface area contributed by atoms with E-state index in [1.54, 1.807) is 0 Å². The maximum Gasteiger partial charge on any atom is 0.248 e. The summed E-state index contributed by atoms with van der Waals surface area (Å²) in [6.45, 7) is 16.1. The van der Waals surface area contributed by atoms with Crippen LogP contribution >= 0.6 is 0 Å². The minimum absolute atomic E-state index is 0.145. The second-order valence-corrected chi connectivity index (χ2v) is 13.1. The lowest BCUT2D eigenvalue weighted by Crippen LogP contribution is -2.53. The number of carbonyl (C=O) groups excluding carboxylic acids is 1. The van der Waals surface area contributed by atoms with E-state index in [2.05, 4.69) is 52.9 Å². The van der Waals surface area contributed by atoms with Gasteiger partial charge in [0.1, 0.15) is 0 Å². The molecule has 1 rings (SSSR count). The molecule has 0 spiro atoms. The van der Waals surface area contributed by atoms with Crippen LogP contribution in [0.4, 0.5) is 0 Å². The molecule has 0 aromatic rings. The van der Waals surface area contributed by atoms with Crippen LogP contribution in [0.1, 0.15) is 86.0 Å². The molecule has 0 bridgehead atoms. The Bertz CT molecular complexity index is 534. The zero-order chi connectivity index (χ0) is 20.0. The molecule has 1 aliphatic carbocycles. The van der Waals surface area contributed by atoms with Crippen LogP contribution in [0.5, 0.6) is 0 Å². The summed E-state index contributed by atoms with van der Waals surface area (Å²) < 4.78 is 0. The van der Waals surface area contributed by atoms with E-state index < -0.39 is 20.1 Å². The number of amides is 1. The predicted octanol–water partition coefficient (Wildman–Crippen LogP) is 6.71. The van der Waals surface area contributed by atoms with Crippen LogP contribution in [-0.4, -0.2) is 14.7 Å². The summed E-state index contributed by atoms with van der Waals surface area (Å²) in [6.07, 6.45) is 16.1. The van der Waals surface area contributed by atoms with E-state index in [1.807, 2.05) is 13.0 Å². The van der Waals surface area contributed by atoms with E-state index >= 15 is 0 Å². The highest BCUT2D eigenvalue weighted by molar-refractivity contribution is 6.59. The first kappa shape index (κ1) is 23.2. The maximum atomic E-state index is 12.6. The molecule has 0 saturated heterocycles. The minimum atomic E-state index is -1.06. The highest BCUT2D eigenvalue weighted by Crippen LogP contribution is 2.63. The molecule has 1 aliphatic rings. The number of nitrogens with one attached hydrogen (secondary N) is 1. The van der Waals surface area contributed by atoms with Gasteiger partial charge in [-0.3, -0.25) is 10.5 Å². The van der Waals surface area contributed by atoms with Gasteiger partial charge in [-0.2, -0.15) is 0 Å². The monoisotopic (exact) mass is 376 g/mol. The molecular weight excluding hydrogens is 334 g/mol. The molecule has 0 heterocycles. The summed E-state index contributed by atoms with van der Waals surface area (Å²) in [5, 5.41) is 0.145. The Balaban J connectivity index is 3.05. The van der Waals surface area contributed by atoms with Crippen molar-refractivity contribution in [2.45, 2.75) is 104 Å². The van der Waals surface area contributed by atoms with E-state index in [0.29, 0.717) is 0 Å². The molecule has 2 nitrogen and oxygen atoms in total.